The Hall–Kier alpha value is -3.22. The minimum absolute atomic E-state index is 0.0316. The molecule has 0 atom stereocenters. The number of carbonyl (C=O) groups is 2. The summed E-state index contributed by atoms with van der Waals surface area (Å²) in [5, 5.41) is 2.93. The second-order valence-corrected chi connectivity index (χ2v) is 7.37. The molecule has 1 aliphatic heterocycles. The fourth-order valence-corrected chi connectivity index (χ4v) is 3.55. The third-order valence-corrected chi connectivity index (χ3v) is 5.03. The standard InChI is InChI=1S/C24H30N2O5/c1-3-29-23-17-19(24(28)26-13-11-20(12-14-26)25-18(2)27)9-10-22(23)31-16-15-30-21-7-5-4-6-8-21/h4-10,17,20H,3,11-16H2,1-2H3,(H,25,27). The molecule has 1 fully saturated rings. The van der Waals surface area contributed by atoms with E-state index >= 15 is 0 Å². The van der Waals surface area contributed by atoms with Gasteiger partial charge in [0.2, 0.25) is 5.91 Å². The van der Waals surface area contributed by atoms with Gasteiger partial charge in [-0.3, -0.25) is 9.59 Å². The largest absolute Gasteiger partial charge is 0.490 e. The minimum Gasteiger partial charge on any atom is -0.490 e. The third kappa shape index (κ3) is 6.64. The summed E-state index contributed by atoms with van der Waals surface area (Å²) >= 11 is 0. The van der Waals surface area contributed by atoms with Crippen LogP contribution in [0.1, 0.15) is 37.0 Å². The smallest absolute Gasteiger partial charge is 0.253 e. The van der Waals surface area contributed by atoms with E-state index in [1.807, 2.05) is 42.2 Å². The van der Waals surface area contributed by atoms with E-state index in [2.05, 4.69) is 5.32 Å². The average Bonchev–Trinajstić information content (AvgIpc) is 2.78. The van der Waals surface area contributed by atoms with Crippen molar-refractivity contribution in [2.24, 2.45) is 0 Å². The molecule has 2 amide bonds. The number of nitrogens with zero attached hydrogens (tertiary/aromatic N) is 1. The molecule has 0 aliphatic carbocycles. The lowest BCUT2D eigenvalue weighted by Gasteiger charge is -2.32. The van der Waals surface area contributed by atoms with E-state index in [1.165, 1.54) is 6.92 Å². The van der Waals surface area contributed by atoms with Gasteiger partial charge in [-0.1, -0.05) is 18.2 Å². The zero-order valence-corrected chi connectivity index (χ0v) is 18.1. The van der Waals surface area contributed by atoms with Crippen LogP contribution in [0.15, 0.2) is 48.5 Å². The molecule has 166 valence electrons. The lowest BCUT2D eigenvalue weighted by atomic mass is 10.0. The van der Waals surface area contributed by atoms with E-state index < -0.39 is 0 Å². The van der Waals surface area contributed by atoms with Gasteiger partial charge in [0.15, 0.2) is 11.5 Å². The van der Waals surface area contributed by atoms with Crippen LogP contribution < -0.4 is 19.5 Å². The van der Waals surface area contributed by atoms with Crippen LogP contribution >= 0.6 is 0 Å². The molecule has 1 N–H and O–H groups in total. The van der Waals surface area contributed by atoms with E-state index in [1.54, 1.807) is 18.2 Å². The third-order valence-electron chi connectivity index (χ3n) is 5.03. The summed E-state index contributed by atoms with van der Waals surface area (Å²) in [6.07, 6.45) is 1.51. The predicted molar refractivity (Wildman–Crippen MR) is 118 cm³/mol. The Morgan fingerprint density at radius 3 is 2.35 bits per heavy atom. The number of nitrogens with one attached hydrogen (secondary N) is 1. The Bertz CT molecular complexity index is 864. The lowest BCUT2D eigenvalue weighted by molar-refractivity contribution is -0.119. The summed E-state index contributed by atoms with van der Waals surface area (Å²) in [6, 6.07) is 15.0. The lowest BCUT2D eigenvalue weighted by Crippen LogP contribution is -2.46. The molecule has 3 rings (SSSR count). The number of ether oxygens (including phenoxy) is 3. The number of para-hydroxylation sites is 1. The maximum atomic E-state index is 12.9. The molecule has 7 nitrogen and oxygen atoms in total. The van der Waals surface area contributed by atoms with Gasteiger partial charge in [0, 0.05) is 31.6 Å². The van der Waals surface area contributed by atoms with Crippen molar-refractivity contribution in [2.75, 3.05) is 32.9 Å². The van der Waals surface area contributed by atoms with Gasteiger partial charge in [-0.15, -0.1) is 0 Å². The molecule has 0 bridgehead atoms. The Labute approximate surface area is 183 Å². The SMILES string of the molecule is CCOc1cc(C(=O)N2CCC(NC(C)=O)CC2)ccc1OCCOc1ccccc1. The maximum absolute atomic E-state index is 12.9. The first-order chi connectivity index (χ1) is 15.1. The highest BCUT2D eigenvalue weighted by Crippen LogP contribution is 2.29. The van der Waals surface area contributed by atoms with Gasteiger partial charge in [-0.2, -0.15) is 0 Å². The number of likely N-dealkylation sites (tertiary alicyclic amines) is 1. The van der Waals surface area contributed by atoms with Gasteiger partial charge in [-0.25, -0.2) is 0 Å². The van der Waals surface area contributed by atoms with E-state index in [4.69, 9.17) is 14.2 Å². The van der Waals surface area contributed by atoms with Crippen molar-refractivity contribution < 1.29 is 23.8 Å². The molecule has 7 heteroatoms. The van der Waals surface area contributed by atoms with E-state index in [0.717, 1.165) is 18.6 Å². The van der Waals surface area contributed by atoms with Crippen LogP contribution in [-0.4, -0.2) is 55.7 Å². The van der Waals surface area contributed by atoms with Crippen LogP contribution in [0, 0.1) is 0 Å². The fourth-order valence-electron chi connectivity index (χ4n) is 3.55. The normalized spacial score (nSPS) is 14.1. The van der Waals surface area contributed by atoms with Crippen molar-refractivity contribution in [3.63, 3.8) is 0 Å². The zero-order valence-electron chi connectivity index (χ0n) is 18.1. The van der Waals surface area contributed by atoms with E-state index in [9.17, 15) is 9.59 Å². The molecule has 1 saturated heterocycles. The maximum Gasteiger partial charge on any atom is 0.253 e. The Kier molecular flexibility index (Phi) is 8.15. The molecule has 0 aromatic heterocycles. The van der Waals surface area contributed by atoms with Gasteiger partial charge in [-0.05, 0) is 50.1 Å². The van der Waals surface area contributed by atoms with Crippen molar-refractivity contribution >= 4 is 11.8 Å². The monoisotopic (exact) mass is 426 g/mol. The highest BCUT2D eigenvalue weighted by molar-refractivity contribution is 5.95. The molecule has 1 heterocycles. The summed E-state index contributed by atoms with van der Waals surface area (Å²) in [7, 11) is 0. The van der Waals surface area contributed by atoms with Gasteiger partial charge >= 0.3 is 0 Å². The molecule has 2 aromatic rings. The summed E-state index contributed by atoms with van der Waals surface area (Å²) in [5.41, 5.74) is 0.564. The molecule has 0 saturated carbocycles. The average molecular weight is 427 g/mol. The van der Waals surface area contributed by atoms with Crippen LogP contribution in [0.4, 0.5) is 0 Å². The first kappa shape index (κ1) is 22.5. The van der Waals surface area contributed by atoms with Gasteiger partial charge < -0.3 is 24.4 Å². The van der Waals surface area contributed by atoms with Crippen LogP contribution in [0.25, 0.3) is 0 Å². The van der Waals surface area contributed by atoms with Crippen molar-refractivity contribution in [3.8, 4) is 17.2 Å². The van der Waals surface area contributed by atoms with Gasteiger partial charge in [0.1, 0.15) is 19.0 Å². The van der Waals surface area contributed by atoms with Gasteiger partial charge in [0.25, 0.3) is 5.91 Å². The number of amides is 2. The van der Waals surface area contributed by atoms with Crippen molar-refractivity contribution in [1.29, 1.82) is 0 Å². The Balaban J connectivity index is 1.56. The molecule has 2 aromatic carbocycles. The van der Waals surface area contributed by atoms with Crippen LogP contribution in [0.3, 0.4) is 0 Å². The molecule has 31 heavy (non-hydrogen) atoms. The number of piperidine rings is 1. The number of carbonyl (C=O) groups excluding carboxylic acids is 2. The fraction of sp³-hybridized carbons (Fsp3) is 0.417. The number of hydrogen-bond donors (Lipinski definition) is 1. The number of rotatable bonds is 9. The van der Waals surface area contributed by atoms with E-state index in [-0.39, 0.29) is 17.9 Å². The number of hydrogen-bond acceptors (Lipinski definition) is 5. The second-order valence-electron chi connectivity index (χ2n) is 7.37. The van der Waals surface area contributed by atoms with Crippen molar-refractivity contribution in [2.45, 2.75) is 32.7 Å². The Morgan fingerprint density at radius 2 is 1.68 bits per heavy atom. The molecular weight excluding hydrogens is 396 g/mol. The first-order valence-corrected chi connectivity index (χ1v) is 10.7. The quantitative estimate of drug-likeness (QED) is 0.623. The molecule has 0 spiro atoms. The summed E-state index contributed by atoms with van der Waals surface area (Å²) in [6.45, 7) is 5.87. The van der Waals surface area contributed by atoms with Gasteiger partial charge in [0.05, 0.1) is 6.61 Å². The molecule has 0 radical (unpaired) electrons. The molecule has 0 unspecified atom stereocenters. The highest BCUT2D eigenvalue weighted by Gasteiger charge is 2.24. The summed E-state index contributed by atoms with van der Waals surface area (Å²) in [4.78, 5) is 26.0. The van der Waals surface area contributed by atoms with Crippen LogP contribution in [0.2, 0.25) is 0 Å². The predicted octanol–water partition coefficient (Wildman–Crippen LogP) is 3.28. The summed E-state index contributed by atoms with van der Waals surface area (Å²) in [5.74, 6) is 1.84. The van der Waals surface area contributed by atoms with E-state index in [0.29, 0.717) is 50.0 Å². The van der Waals surface area contributed by atoms with Crippen LogP contribution in [-0.2, 0) is 4.79 Å². The first-order valence-electron chi connectivity index (χ1n) is 10.7. The van der Waals surface area contributed by atoms with Crippen LogP contribution in [0.5, 0.6) is 17.2 Å². The number of benzene rings is 2. The zero-order chi connectivity index (χ0) is 22.1. The highest BCUT2D eigenvalue weighted by atomic mass is 16.5. The molecular formula is C24H30N2O5. The van der Waals surface area contributed by atoms with Crippen molar-refractivity contribution in [1.82, 2.24) is 10.2 Å². The Morgan fingerprint density at radius 1 is 0.968 bits per heavy atom. The van der Waals surface area contributed by atoms with Crippen molar-refractivity contribution in [3.05, 3.63) is 54.1 Å². The summed E-state index contributed by atoms with van der Waals surface area (Å²) < 4.78 is 17.2. The topological polar surface area (TPSA) is 77.1 Å². The minimum atomic E-state index is -0.0406. The second kappa shape index (κ2) is 11.2. The molecule has 1 aliphatic rings.